The first-order chi connectivity index (χ1) is 17.0. The summed E-state index contributed by atoms with van der Waals surface area (Å²) in [4.78, 5) is 0. The molecule has 0 aromatic heterocycles. The van der Waals surface area contributed by atoms with E-state index >= 15 is 0 Å². The summed E-state index contributed by atoms with van der Waals surface area (Å²) >= 11 is 12.5. The summed E-state index contributed by atoms with van der Waals surface area (Å²) in [6.45, 7) is -1.39. The summed E-state index contributed by atoms with van der Waals surface area (Å²) in [7, 11) is 2.76. The molecule has 13 nitrogen and oxygen atoms in total. The average molecular weight is 561 g/mol. The van der Waals surface area contributed by atoms with Crippen LogP contribution in [0.25, 0.3) is 0 Å². The fraction of sp³-hybridized carbons (Fsp3) is 0.714. The molecule has 1 aromatic rings. The van der Waals surface area contributed by atoms with Gasteiger partial charge in [-0.2, -0.15) is 0 Å². The van der Waals surface area contributed by atoms with E-state index in [0.29, 0.717) is 5.56 Å². The monoisotopic (exact) mass is 560 g/mol. The van der Waals surface area contributed by atoms with Crippen LogP contribution in [0.4, 0.5) is 0 Å². The van der Waals surface area contributed by atoms with Gasteiger partial charge in [-0.05, 0) is 6.07 Å². The molecule has 7 N–H and O–H groups in total. The van der Waals surface area contributed by atoms with Crippen LogP contribution < -0.4 is 9.47 Å². The van der Waals surface area contributed by atoms with Crippen molar-refractivity contribution in [2.45, 2.75) is 68.0 Å². The van der Waals surface area contributed by atoms with Crippen LogP contribution >= 0.6 is 23.2 Å². The molecule has 36 heavy (non-hydrogen) atoms. The number of methoxy groups -OCH3 is 2. The minimum Gasteiger partial charge on any atom is -0.495 e. The van der Waals surface area contributed by atoms with Gasteiger partial charge in [-0.3, -0.25) is 0 Å². The van der Waals surface area contributed by atoms with Gasteiger partial charge in [0.2, 0.25) is 0 Å². The van der Waals surface area contributed by atoms with Crippen molar-refractivity contribution in [2.24, 2.45) is 0 Å². The molecule has 2 aliphatic rings. The van der Waals surface area contributed by atoms with Gasteiger partial charge in [0.05, 0.1) is 39.1 Å². The lowest BCUT2D eigenvalue weighted by Crippen LogP contribution is -2.61. The molecule has 10 atom stereocenters. The van der Waals surface area contributed by atoms with Gasteiger partial charge in [-0.25, -0.2) is 0 Å². The van der Waals surface area contributed by atoms with Crippen molar-refractivity contribution in [3.05, 3.63) is 21.7 Å². The molecule has 0 radical (unpaired) electrons. The predicted octanol–water partition coefficient (Wildman–Crippen LogP) is -1.85. The third-order valence-corrected chi connectivity index (χ3v) is 6.74. The molecule has 15 heteroatoms. The second-order valence-corrected chi connectivity index (χ2v) is 9.01. The zero-order valence-corrected chi connectivity index (χ0v) is 20.8. The third kappa shape index (κ3) is 5.99. The zero-order valence-electron chi connectivity index (χ0n) is 19.3. The standard InChI is InChI=1S/C21H30Cl2O13/c1-31-8-3-7(11(22)19(32-2)12(8)23)5-33-20-18(30)16(28)14(26)10(36-20)6-34-21-17(29)15(27)13(25)9(4-24)35-21/h3,9-10,13-18,20-21,24-30H,4-6H2,1-2H3/t9-,10-,13-,14-,15+,16+,17-,18-,20-,21-/m1/s1. The van der Waals surface area contributed by atoms with Crippen LogP contribution in [0.5, 0.6) is 11.5 Å². The highest BCUT2D eigenvalue weighted by molar-refractivity contribution is 6.38. The third-order valence-electron chi connectivity index (χ3n) is 5.97. The van der Waals surface area contributed by atoms with Gasteiger partial charge in [0.1, 0.15) is 59.6 Å². The van der Waals surface area contributed by atoms with Crippen LogP contribution in [0.3, 0.4) is 0 Å². The SMILES string of the molecule is COc1cc(CO[C@@H]2O[C@H](CO[C@@H]3O[C@H](CO)[C@@H](O)[C@H](O)[C@H]3O)[C@@H](O)[C@H](O)[C@H]2O)c(Cl)c(OC)c1Cl. The molecule has 2 saturated heterocycles. The molecule has 0 saturated carbocycles. The highest BCUT2D eigenvalue weighted by Crippen LogP contribution is 2.42. The largest absolute Gasteiger partial charge is 0.495 e. The maximum Gasteiger partial charge on any atom is 0.187 e. The number of ether oxygens (including phenoxy) is 6. The lowest BCUT2D eigenvalue weighted by Gasteiger charge is -2.42. The summed E-state index contributed by atoms with van der Waals surface area (Å²) in [5.74, 6) is 0.394. The highest BCUT2D eigenvalue weighted by atomic mass is 35.5. The van der Waals surface area contributed by atoms with Crippen LogP contribution in [-0.4, -0.2) is 125 Å². The number of aliphatic hydroxyl groups is 7. The normalized spacial score (nSPS) is 37.1. The van der Waals surface area contributed by atoms with E-state index in [2.05, 4.69) is 0 Å². The Hall–Kier alpha value is -1.04. The highest BCUT2D eigenvalue weighted by Gasteiger charge is 2.47. The second-order valence-electron chi connectivity index (χ2n) is 8.26. The number of aliphatic hydroxyl groups excluding tert-OH is 7. The van der Waals surface area contributed by atoms with E-state index in [4.69, 9.17) is 51.6 Å². The van der Waals surface area contributed by atoms with Crippen molar-refractivity contribution in [1.82, 2.24) is 0 Å². The molecule has 206 valence electrons. The molecule has 3 rings (SSSR count). The summed E-state index contributed by atoms with van der Waals surface area (Å²) in [5, 5.41) is 70.4. The predicted molar refractivity (Wildman–Crippen MR) is 121 cm³/mol. The maximum absolute atomic E-state index is 10.4. The van der Waals surface area contributed by atoms with Gasteiger partial charge in [-0.15, -0.1) is 0 Å². The van der Waals surface area contributed by atoms with E-state index in [1.54, 1.807) is 0 Å². The molecule has 0 amide bonds. The van der Waals surface area contributed by atoms with Crippen LogP contribution in [0.2, 0.25) is 10.0 Å². The number of benzene rings is 1. The fourth-order valence-electron chi connectivity index (χ4n) is 3.83. The summed E-state index contributed by atoms with van der Waals surface area (Å²) < 4.78 is 32.2. The van der Waals surface area contributed by atoms with E-state index in [9.17, 15) is 35.7 Å². The van der Waals surface area contributed by atoms with Crippen LogP contribution in [0.1, 0.15) is 5.56 Å². The molecule has 1 aromatic carbocycles. The van der Waals surface area contributed by atoms with E-state index in [0.717, 1.165) is 0 Å². The van der Waals surface area contributed by atoms with Crippen molar-refractivity contribution in [2.75, 3.05) is 27.4 Å². The van der Waals surface area contributed by atoms with Gasteiger partial charge in [-0.1, -0.05) is 23.2 Å². The van der Waals surface area contributed by atoms with Crippen LogP contribution in [0.15, 0.2) is 6.07 Å². The first kappa shape index (κ1) is 29.5. The van der Waals surface area contributed by atoms with Gasteiger partial charge in [0, 0.05) is 5.56 Å². The Kier molecular flexibility index (Phi) is 10.4. The number of hydrogen-bond donors (Lipinski definition) is 7. The van der Waals surface area contributed by atoms with Crippen molar-refractivity contribution in [3.8, 4) is 11.5 Å². The van der Waals surface area contributed by atoms with Gasteiger partial charge in [0.25, 0.3) is 0 Å². The fourth-order valence-corrected chi connectivity index (χ4v) is 4.46. The molecule has 2 aliphatic heterocycles. The topological polar surface area (TPSA) is 197 Å². The van der Waals surface area contributed by atoms with Gasteiger partial charge >= 0.3 is 0 Å². The zero-order chi connectivity index (χ0) is 26.7. The van der Waals surface area contributed by atoms with Crippen molar-refractivity contribution in [3.63, 3.8) is 0 Å². The van der Waals surface area contributed by atoms with Crippen LogP contribution in [-0.2, 0) is 25.6 Å². The van der Waals surface area contributed by atoms with E-state index < -0.39 is 74.6 Å². The summed E-state index contributed by atoms with van der Waals surface area (Å²) in [6.07, 6.45) is -15.3. The molecular formula is C21H30Cl2O13. The number of rotatable bonds is 9. The quantitative estimate of drug-likeness (QED) is 0.178. The first-order valence-corrected chi connectivity index (χ1v) is 11.6. The van der Waals surface area contributed by atoms with E-state index in [-0.39, 0.29) is 28.2 Å². The Balaban J connectivity index is 1.68. The molecule has 2 heterocycles. The molecule has 0 unspecified atom stereocenters. The second kappa shape index (κ2) is 12.7. The molecule has 0 spiro atoms. The minimum atomic E-state index is -1.70. The maximum atomic E-state index is 10.4. The van der Waals surface area contributed by atoms with Crippen molar-refractivity contribution in [1.29, 1.82) is 0 Å². The Morgan fingerprint density at radius 1 is 0.750 bits per heavy atom. The smallest absolute Gasteiger partial charge is 0.187 e. The molecular weight excluding hydrogens is 531 g/mol. The molecule has 2 fully saturated rings. The first-order valence-electron chi connectivity index (χ1n) is 10.9. The Morgan fingerprint density at radius 3 is 1.86 bits per heavy atom. The number of halogens is 2. The Morgan fingerprint density at radius 2 is 1.31 bits per heavy atom. The van der Waals surface area contributed by atoms with Gasteiger partial charge < -0.3 is 64.2 Å². The lowest BCUT2D eigenvalue weighted by atomic mass is 9.98. The Labute approximate surface area is 216 Å². The summed E-state index contributed by atoms with van der Waals surface area (Å²) in [6, 6.07) is 1.49. The molecule has 0 aliphatic carbocycles. The van der Waals surface area contributed by atoms with E-state index in [1.165, 1.54) is 20.3 Å². The van der Waals surface area contributed by atoms with Crippen molar-refractivity contribution >= 4 is 23.2 Å². The lowest BCUT2D eigenvalue weighted by molar-refractivity contribution is -0.332. The Bertz CT molecular complexity index is 875. The average Bonchev–Trinajstić information content (AvgIpc) is 2.87. The van der Waals surface area contributed by atoms with Crippen LogP contribution in [0, 0.1) is 0 Å². The minimum absolute atomic E-state index is 0.122. The molecule has 0 bridgehead atoms. The van der Waals surface area contributed by atoms with E-state index in [1.807, 2.05) is 0 Å². The van der Waals surface area contributed by atoms with Gasteiger partial charge in [0.15, 0.2) is 18.3 Å². The number of hydrogen-bond acceptors (Lipinski definition) is 13. The summed E-state index contributed by atoms with van der Waals surface area (Å²) in [5.41, 5.74) is 0.361. The van der Waals surface area contributed by atoms with Crippen molar-refractivity contribution < 1.29 is 64.2 Å².